The van der Waals surface area contributed by atoms with Crippen LogP contribution in [0.3, 0.4) is 0 Å². The fourth-order valence-electron chi connectivity index (χ4n) is 3.11. The van der Waals surface area contributed by atoms with Gasteiger partial charge in [0.2, 0.25) is 11.9 Å². The van der Waals surface area contributed by atoms with Crippen LogP contribution in [0.25, 0.3) is 11.3 Å². The Balaban J connectivity index is 1.48. The highest BCUT2D eigenvalue weighted by molar-refractivity contribution is 6.43. The van der Waals surface area contributed by atoms with Crippen LogP contribution in [0.5, 0.6) is 0 Å². The van der Waals surface area contributed by atoms with E-state index < -0.39 is 0 Å². The molecule has 2 N–H and O–H groups in total. The second-order valence-corrected chi connectivity index (χ2v) is 7.76. The number of carbonyl (C=O) groups is 1. The van der Waals surface area contributed by atoms with E-state index in [0.717, 1.165) is 0 Å². The highest BCUT2D eigenvalue weighted by Crippen LogP contribution is 2.34. The van der Waals surface area contributed by atoms with E-state index in [1.54, 1.807) is 30.2 Å². The maximum atomic E-state index is 12.3. The molecule has 1 aliphatic heterocycles. The lowest BCUT2D eigenvalue weighted by atomic mass is 10.1. The summed E-state index contributed by atoms with van der Waals surface area (Å²) in [6, 6.07) is 5.20. The molecule has 174 valence electrons. The van der Waals surface area contributed by atoms with Gasteiger partial charge in [-0.1, -0.05) is 35.3 Å². The molecule has 0 atom stereocenters. The van der Waals surface area contributed by atoms with Gasteiger partial charge in [-0.25, -0.2) is 0 Å². The molecule has 2 aromatic rings. The molecular formula is C20H26Cl2N6O4. The molecule has 1 aliphatic rings. The maximum Gasteiger partial charge on any atom is 0.248 e. The Hall–Kier alpha value is -2.24. The predicted molar refractivity (Wildman–Crippen MR) is 122 cm³/mol. The summed E-state index contributed by atoms with van der Waals surface area (Å²) < 4.78 is 15.6. The van der Waals surface area contributed by atoms with Gasteiger partial charge in [0.1, 0.15) is 12.3 Å². The Bertz CT molecular complexity index is 912. The number of methoxy groups -OCH3 is 1. The SMILES string of the molecule is COCCOCCOCC(=O)N1CCN(c2nnc(-c3cccc(Cl)c3Cl)c(N)n2)CC1. The van der Waals surface area contributed by atoms with Gasteiger partial charge >= 0.3 is 0 Å². The molecule has 0 unspecified atom stereocenters. The van der Waals surface area contributed by atoms with E-state index >= 15 is 0 Å². The van der Waals surface area contributed by atoms with Crippen LogP contribution in [-0.4, -0.2) is 92.3 Å². The highest BCUT2D eigenvalue weighted by Gasteiger charge is 2.24. The minimum absolute atomic E-state index is 0.0216. The van der Waals surface area contributed by atoms with Crippen molar-refractivity contribution < 1.29 is 19.0 Å². The summed E-state index contributed by atoms with van der Waals surface area (Å²) in [4.78, 5) is 20.4. The molecule has 2 heterocycles. The molecule has 32 heavy (non-hydrogen) atoms. The Morgan fingerprint density at radius 1 is 1.06 bits per heavy atom. The molecule has 12 heteroatoms. The maximum absolute atomic E-state index is 12.3. The zero-order valence-electron chi connectivity index (χ0n) is 17.8. The fraction of sp³-hybridized carbons (Fsp3) is 0.500. The van der Waals surface area contributed by atoms with Crippen molar-refractivity contribution in [2.45, 2.75) is 0 Å². The van der Waals surface area contributed by atoms with Gasteiger partial charge in [0.15, 0.2) is 5.82 Å². The fourth-order valence-corrected chi connectivity index (χ4v) is 3.50. The van der Waals surface area contributed by atoms with Crippen molar-refractivity contribution in [1.82, 2.24) is 20.1 Å². The summed E-state index contributed by atoms with van der Waals surface area (Å²) in [5, 5.41) is 9.17. The largest absolute Gasteiger partial charge is 0.382 e. The van der Waals surface area contributed by atoms with Gasteiger partial charge < -0.3 is 29.7 Å². The number of halogens is 2. The molecule has 0 saturated carbocycles. The zero-order valence-corrected chi connectivity index (χ0v) is 19.3. The van der Waals surface area contributed by atoms with Gasteiger partial charge in [-0.15, -0.1) is 10.2 Å². The number of amides is 1. The summed E-state index contributed by atoms with van der Waals surface area (Å²) >= 11 is 12.3. The van der Waals surface area contributed by atoms with Gasteiger partial charge in [0.25, 0.3) is 0 Å². The van der Waals surface area contributed by atoms with Crippen molar-refractivity contribution in [1.29, 1.82) is 0 Å². The number of hydrogen-bond donors (Lipinski definition) is 1. The monoisotopic (exact) mass is 484 g/mol. The van der Waals surface area contributed by atoms with E-state index in [4.69, 9.17) is 43.1 Å². The average molecular weight is 485 g/mol. The number of benzene rings is 1. The van der Waals surface area contributed by atoms with Crippen molar-refractivity contribution >= 4 is 40.9 Å². The third-order valence-electron chi connectivity index (χ3n) is 4.85. The van der Waals surface area contributed by atoms with E-state index in [1.165, 1.54) is 0 Å². The third kappa shape index (κ3) is 6.39. The van der Waals surface area contributed by atoms with E-state index in [0.29, 0.717) is 79.9 Å². The van der Waals surface area contributed by atoms with Crippen molar-refractivity contribution in [2.24, 2.45) is 0 Å². The molecule has 0 radical (unpaired) electrons. The number of rotatable bonds is 10. The first-order valence-corrected chi connectivity index (χ1v) is 10.9. The minimum Gasteiger partial charge on any atom is -0.382 e. The van der Waals surface area contributed by atoms with Gasteiger partial charge in [0.05, 0.1) is 36.5 Å². The molecular weight excluding hydrogens is 459 g/mol. The third-order valence-corrected chi connectivity index (χ3v) is 5.67. The number of piperazine rings is 1. The van der Waals surface area contributed by atoms with Crippen LogP contribution >= 0.6 is 23.2 Å². The zero-order chi connectivity index (χ0) is 22.9. The lowest BCUT2D eigenvalue weighted by Crippen LogP contribution is -2.50. The lowest BCUT2D eigenvalue weighted by Gasteiger charge is -2.34. The number of anilines is 2. The van der Waals surface area contributed by atoms with E-state index in [1.807, 2.05) is 4.90 Å². The molecule has 1 aromatic carbocycles. The van der Waals surface area contributed by atoms with Crippen molar-refractivity contribution in [3.05, 3.63) is 28.2 Å². The molecule has 1 fully saturated rings. The molecule has 1 aromatic heterocycles. The van der Waals surface area contributed by atoms with E-state index in [2.05, 4.69) is 15.2 Å². The first-order valence-electron chi connectivity index (χ1n) is 10.1. The molecule has 3 rings (SSSR count). The van der Waals surface area contributed by atoms with Crippen molar-refractivity contribution in [2.75, 3.05) is 77.0 Å². The minimum atomic E-state index is -0.0638. The summed E-state index contributed by atoms with van der Waals surface area (Å²) in [7, 11) is 1.61. The van der Waals surface area contributed by atoms with Crippen LogP contribution in [0.15, 0.2) is 18.2 Å². The second kappa shape index (κ2) is 12.1. The normalized spacial score (nSPS) is 14.1. The molecule has 0 bridgehead atoms. The summed E-state index contributed by atoms with van der Waals surface area (Å²) in [5.74, 6) is 0.547. The number of ether oxygens (including phenoxy) is 3. The van der Waals surface area contributed by atoms with Gasteiger partial charge in [-0.2, -0.15) is 4.98 Å². The standard InChI is InChI=1S/C20H26Cl2N6O4/c1-30-9-10-31-11-12-32-13-16(29)27-5-7-28(8-6-27)20-24-19(23)18(25-26-20)14-3-2-4-15(21)17(14)22/h2-4H,5-13H2,1H3,(H2,23,24,26). The Labute approximate surface area is 196 Å². The number of aromatic nitrogens is 3. The topological polar surface area (TPSA) is 116 Å². The molecule has 0 spiro atoms. The van der Waals surface area contributed by atoms with Crippen LogP contribution in [0.2, 0.25) is 10.0 Å². The second-order valence-electron chi connectivity index (χ2n) is 6.97. The van der Waals surface area contributed by atoms with Crippen LogP contribution in [0, 0.1) is 0 Å². The van der Waals surface area contributed by atoms with E-state index in [-0.39, 0.29) is 18.3 Å². The number of nitrogens with two attached hydrogens (primary N) is 1. The Morgan fingerprint density at radius 3 is 2.50 bits per heavy atom. The van der Waals surface area contributed by atoms with Crippen LogP contribution in [0.1, 0.15) is 0 Å². The summed E-state index contributed by atoms with van der Waals surface area (Å²) in [5.41, 5.74) is 7.07. The van der Waals surface area contributed by atoms with Crippen LogP contribution in [0.4, 0.5) is 11.8 Å². The first-order chi connectivity index (χ1) is 15.5. The van der Waals surface area contributed by atoms with Crippen LogP contribution < -0.4 is 10.6 Å². The van der Waals surface area contributed by atoms with Crippen molar-refractivity contribution in [3.8, 4) is 11.3 Å². The smallest absolute Gasteiger partial charge is 0.248 e. The molecule has 10 nitrogen and oxygen atoms in total. The van der Waals surface area contributed by atoms with Gasteiger partial charge in [-0.05, 0) is 6.07 Å². The summed E-state index contributed by atoms with van der Waals surface area (Å²) in [6.45, 7) is 4.01. The first kappa shape index (κ1) is 24.4. The predicted octanol–water partition coefficient (Wildman–Crippen LogP) is 1.76. The molecule has 1 saturated heterocycles. The number of carbonyl (C=O) groups excluding carboxylic acids is 1. The highest BCUT2D eigenvalue weighted by atomic mass is 35.5. The van der Waals surface area contributed by atoms with E-state index in [9.17, 15) is 4.79 Å². The van der Waals surface area contributed by atoms with Gasteiger partial charge in [0, 0.05) is 38.9 Å². The Kier molecular flexibility index (Phi) is 9.24. The number of nitrogen functional groups attached to an aromatic ring is 1. The van der Waals surface area contributed by atoms with Gasteiger partial charge in [-0.3, -0.25) is 4.79 Å². The van der Waals surface area contributed by atoms with Crippen molar-refractivity contribution in [3.63, 3.8) is 0 Å². The Morgan fingerprint density at radius 2 is 1.78 bits per heavy atom. The average Bonchev–Trinajstić information content (AvgIpc) is 2.80. The number of nitrogens with zero attached hydrogens (tertiary/aromatic N) is 5. The summed E-state index contributed by atoms with van der Waals surface area (Å²) in [6.07, 6.45) is 0. The molecule has 0 aliphatic carbocycles. The molecule has 1 amide bonds. The lowest BCUT2D eigenvalue weighted by molar-refractivity contribution is -0.137. The number of hydrogen-bond acceptors (Lipinski definition) is 9. The quantitative estimate of drug-likeness (QED) is 0.503. The van der Waals surface area contributed by atoms with Crippen LogP contribution in [-0.2, 0) is 19.0 Å².